The number of nitrogens with two attached hydrogens (primary N) is 1. The number of esters is 1. The molecule has 0 amide bonds. The topological polar surface area (TPSA) is 52.3 Å². The van der Waals surface area contributed by atoms with Crippen molar-refractivity contribution in [3.63, 3.8) is 0 Å². The molecule has 0 rings (SSSR count). The van der Waals surface area contributed by atoms with E-state index in [4.69, 9.17) is 5.73 Å². The molecule has 0 bridgehead atoms. The molecule has 0 aliphatic heterocycles. The molecule has 0 unspecified atom stereocenters. The summed E-state index contributed by atoms with van der Waals surface area (Å²) in [6.07, 6.45) is 2.85. The smallest absolute Gasteiger partial charge is 0.322 e. The van der Waals surface area contributed by atoms with E-state index in [0.717, 1.165) is 12.8 Å². The van der Waals surface area contributed by atoms with Crippen molar-refractivity contribution in [2.75, 3.05) is 7.11 Å². The lowest BCUT2D eigenvalue weighted by molar-refractivity contribution is -0.142. The molecule has 15 heavy (non-hydrogen) atoms. The molecule has 2 atom stereocenters. The highest BCUT2D eigenvalue weighted by atomic mass is 16.5. The van der Waals surface area contributed by atoms with Gasteiger partial charge in [0.25, 0.3) is 0 Å². The third-order valence-corrected chi connectivity index (χ3v) is 2.44. The standard InChI is InChI=1S/C12H25NO2/c1-9(8-12(2,3)4)6-7-10(13)11(14)15-5/h9-10H,6-8,13H2,1-5H3/t9-,10+/m1/s1. The number of carbonyl (C=O) groups excluding carboxylic acids is 1. The first-order valence-electron chi connectivity index (χ1n) is 5.59. The van der Waals surface area contributed by atoms with Crippen molar-refractivity contribution >= 4 is 5.97 Å². The Morgan fingerprint density at radius 3 is 2.27 bits per heavy atom. The van der Waals surface area contributed by atoms with E-state index >= 15 is 0 Å². The van der Waals surface area contributed by atoms with Crippen LogP contribution < -0.4 is 5.73 Å². The molecule has 0 heterocycles. The third kappa shape index (κ3) is 7.37. The number of methoxy groups -OCH3 is 1. The van der Waals surface area contributed by atoms with E-state index in [1.165, 1.54) is 7.11 Å². The summed E-state index contributed by atoms with van der Waals surface area (Å²) in [7, 11) is 1.38. The van der Waals surface area contributed by atoms with Gasteiger partial charge in [-0.2, -0.15) is 0 Å². The fourth-order valence-electron chi connectivity index (χ4n) is 1.88. The maximum atomic E-state index is 11.1. The van der Waals surface area contributed by atoms with Gasteiger partial charge in [0.05, 0.1) is 7.11 Å². The average Bonchev–Trinajstić information content (AvgIpc) is 2.10. The summed E-state index contributed by atoms with van der Waals surface area (Å²) < 4.78 is 4.58. The molecule has 0 fully saturated rings. The van der Waals surface area contributed by atoms with Crippen molar-refractivity contribution in [3.05, 3.63) is 0 Å². The Kier molecular flexibility index (Phi) is 5.88. The molecule has 0 saturated carbocycles. The first-order valence-corrected chi connectivity index (χ1v) is 5.59. The van der Waals surface area contributed by atoms with E-state index in [-0.39, 0.29) is 5.97 Å². The van der Waals surface area contributed by atoms with Gasteiger partial charge in [-0.05, 0) is 30.6 Å². The minimum Gasteiger partial charge on any atom is -0.468 e. The van der Waals surface area contributed by atoms with Gasteiger partial charge >= 0.3 is 5.97 Å². The number of hydrogen-bond donors (Lipinski definition) is 1. The molecular formula is C12H25NO2. The zero-order valence-electron chi connectivity index (χ0n) is 10.7. The van der Waals surface area contributed by atoms with Gasteiger partial charge in [0.2, 0.25) is 0 Å². The minimum atomic E-state index is -0.461. The number of ether oxygens (including phenoxy) is 1. The SMILES string of the molecule is COC(=O)[C@@H](N)CC[C@@H](C)CC(C)(C)C. The summed E-state index contributed by atoms with van der Waals surface area (Å²) in [6, 6.07) is -0.461. The summed E-state index contributed by atoms with van der Waals surface area (Å²) in [5.41, 5.74) is 6.01. The first kappa shape index (κ1) is 14.4. The van der Waals surface area contributed by atoms with E-state index in [9.17, 15) is 4.79 Å². The fraction of sp³-hybridized carbons (Fsp3) is 0.917. The second-order valence-electron chi connectivity index (χ2n) is 5.58. The lowest BCUT2D eigenvalue weighted by Gasteiger charge is -2.23. The Bertz CT molecular complexity index is 196. The largest absolute Gasteiger partial charge is 0.468 e. The summed E-state index contributed by atoms with van der Waals surface area (Å²) >= 11 is 0. The van der Waals surface area contributed by atoms with E-state index in [2.05, 4.69) is 32.4 Å². The fourth-order valence-corrected chi connectivity index (χ4v) is 1.88. The zero-order valence-corrected chi connectivity index (χ0v) is 10.7. The molecule has 0 saturated heterocycles. The minimum absolute atomic E-state index is 0.307. The Labute approximate surface area is 93.4 Å². The molecule has 2 N–H and O–H groups in total. The van der Waals surface area contributed by atoms with Crippen LogP contribution in [-0.2, 0) is 9.53 Å². The van der Waals surface area contributed by atoms with Crippen LogP contribution in [0.1, 0.15) is 47.0 Å². The van der Waals surface area contributed by atoms with Crippen molar-refractivity contribution < 1.29 is 9.53 Å². The molecular weight excluding hydrogens is 190 g/mol. The lowest BCUT2D eigenvalue weighted by atomic mass is 9.83. The highest BCUT2D eigenvalue weighted by molar-refractivity contribution is 5.75. The Balaban J connectivity index is 3.81. The molecule has 0 aliphatic rings. The highest BCUT2D eigenvalue weighted by Crippen LogP contribution is 2.26. The molecule has 90 valence electrons. The molecule has 0 aromatic rings. The van der Waals surface area contributed by atoms with Gasteiger partial charge in [0.1, 0.15) is 6.04 Å². The molecule has 3 nitrogen and oxygen atoms in total. The van der Waals surface area contributed by atoms with Crippen LogP contribution in [0.4, 0.5) is 0 Å². The normalized spacial score (nSPS) is 15.9. The predicted molar refractivity (Wildman–Crippen MR) is 62.5 cm³/mol. The second kappa shape index (κ2) is 6.11. The summed E-state index contributed by atoms with van der Waals surface area (Å²) in [6.45, 7) is 8.88. The van der Waals surface area contributed by atoms with Gasteiger partial charge < -0.3 is 10.5 Å². The average molecular weight is 215 g/mol. The maximum Gasteiger partial charge on any atom is 0.322 e. The van der Waals surface area contributed by atoms with Gasteiger partial charge in [0.15, 0.2) is 0 Å². The van der Waals surface area contributed by atoms with Gasteiger partial charge in [-0.3, -0.25) is 4.79 Å². The van der Waals surface area contributed by atoms with Crippen molar-refractivity contribution in [1.82, 2.24) is 0 Å². The molecule has 3 heteroatoms. The van der Waals surface area contributed by atoms with E-state index < -0.39 is 6.04 Å². The Morgan fingerprint density at radius 1 is 1.33 bits per heavy atom. The number of rotatable bonds is 5. The quantitative estimate of drug-likeness (QED) is 0.716. The Morgan fingerprint density at radius 2 is 1.87 bits per heavy atom. The third-order valence-electron chi connectivity index (χ3n) is 2.44. The predicted octanol–water partition coefficient (Wildman–Crippen LogP) is 2.34. The van der Waals surface area contributed by atoms with Crippen LogP contribution in [0, 0.1) is 11.3 Å². The van der Waals surface area contributed by atoms with Gasteiger partial charge in [-0.25, -0.2) is 0 Å². The van der Waals surface area contributed by atoms with E-state index in [1.807, 2.05) is 0 Å². The molecule has 0 radical (unpaired) electrons. The number of hydrogen-bond acceptors (Lipinski definition) is 3. The highest BCUT2D eigenvalue weighted by Gasteiger charge is 2.18. The van der Waals surface area contributed by atoms with Crippen LogP contribution in [0.2, 0.25) is 0 Å². The van der Waals surface area contributed by atoms with E-state index in [1.54, 1.807) is 0 Å². The number of carbonyl (C=O) groups is 1. The molecule has 0 aromatic heterocycles. The summed E-state index contributed by atoms with van der Waals surface area (Å²) in [5, 5.41) is 0. The molecule has 0 aliphatic carbocycles. The monoisotopic (exact) mass is 215 g/mol. The van der Waals surface area contributed by atoms with Gasteiger partial charge in [-0.1, -0.05) is 27.7 Å². The molecule has 0 aromatic carbocycles. The van der Waals surface area contributed by atoms with Crippen molar-refractivity contribution in [2.24, 2.45) is 17.1 Å². The lowest BCUT2D eigenvalue weighted by Crippen LogP contribution is -2.32. The van der Waals surface area contributed by atoms with Crippen LogP contribution in [-0.4, -0.2) is 19.1 Å². The molecule has 0 spiro atoms. The van der Waals surface area contributed by atoms with Gasteiger partial charge in [-0.15, -0.1) is 0 Å². The van der Waals surface area contributed by atoms with Crippen molar-refractivity contribution in [2.45, 2.75) is 53.0 Å². The van der Waals surface area contributed by atoms with Crippen LogP contribution in [0.15, 0.2) is 0 Å². The first-order chi connectivity index (χ1) is 6.76. The van der Waals surface area contributed by atoms with Crippen LogP contribution in [0.3, 0.4) is 0 Å². The zero-order chi connectivity index (χ0) is 12.1. The van der Waals surface area contributed by atoms with Crippen LogP contribution in [0.25, 0.3) is 0 Å². The van der Waals surface area contributed by atoms with Crippen molar-refractivity contribution in [3.8, 4) is 0 Å². The second-order valence-corrected chi connectivity index (χ2v) is 5.58. The maximum absolute atomic E-state index is 11.1. The van der Waals surface area contributed by atoms with E-state index in [0.29, 0.717) is 17.8 Å². The summed E-state index contributed by atoms with van der Waals surface area (Å²) in [4.78, 5) is 11.1. The van der Waals surface area contributed by atoms with Crippen LogP contribution >= 0.6 is 0 Å². The van der Waals surface area contributed by atoms with Crippen LogP contribution in [0.5, 0.6) is 0 Å². The Hall–Kier alpha value is -0.570. The summed E-state index contributed by atoms with van der Waals surface area (Å²) in [5.74, 6) is 0.290. The van der Waals surface area contributed by atoms with Gasteiger partial charge in [0, 0.05) is 0 Å². The van der Waals surface area contributed by atoms with Crippen molar-refractivity contribution in [1.29, 1.82) is 0 Å².